The number of nitrogens with one attached hydrogen (secondary N) is 1. The van der Waals surface area contributed by atoms with Gasteiger partial charge < -0.3 is 5.32 Å². The zero-order valence-electron chi connectivity index (χ0n) is 12.6. The minimum atomic E-state index is 0.613. The number of unbranched alkanes of at least 4 members (excludes halogenated alkanes) is 4. The van der Waals surface area contributed by atoms with Gasteiger partial charge in [-0.3, -0.25) is 0 Å². The molecule has 0 spiro atoms. The Morgan fingerprint density at radius 2 is 2.00 bits per heavy atom. The Balaban J connectivity index is 1.84. The highest BCUT2D eigenvalue weighted by atomic mass is 32.1. The number of thiophene rings is 1. The molecule has 0 bridgehead atoms. The maximum Gasteiger partial charge on any atom is 0.0414 e. The Morgan fingerprint density at radius 1 is 1.16 bits per heavy atom. The van der Waals surface area contributed by atoms with E-state index in [1.54, 1.807) is 15.3 Å². The minimum absolute atomic E-state index is 0.613. The molecular formula is C17H29NS. The van der Waals surface area contributed by atoms with Crippen molar-refractivity contribution in [3.63, 3.8) is 0 Å². The van der Waals surface area contributed by atoms with Gasteiger partial charge in [0.2, 0.25) is 0 Å². The van der Waals surface area contributed by atoms with E-state index >= 15 is 0 Å². The van der Waals surface area contributed by atoms with Crippen LogP contribution in [0.1, 0.15) is 80.2 Å². The SMILES string of the molecule is CCCCCCCC(NCC)c1cc2c(s1)CCC2. The molecule has 0 amide bonds. The maximum absolute atomic E-state index is 3.69. The van der Waals surface area contributed by atoms with E-state index in [-0.39, 0.29) is 0 Å². The van der Waals surface area contributed by atoms with E-state index in [1.807, 2.05) is 0 Å². The highest BCUT2D eigenvalue weighted by molar-refractivity contribution is 7.12. The van der Waals surface area contributed by atoms with Gasteiger partial charge in [-0.1, -0.05) is 46.0 Å². The second kappa shape index (κ2) is 8.06. The van der Waals surface area contributed by atoms with Gasteiger partial charge in [-0.15, -0.1) is 11.3 Å². The first kappa shape index (κ1) is 15.1. The predicted molar refractivity (Wildman–Crippen MR) is 86.1 cm³/mol. The lowest BCUT2D eigenvalue weighted by Crippen LogP contribution is -2.19. The molecule has 0 aromatic carbocycles. The van der Waals surface area contributed by atoms with E-state index < -0.39 is 0 Å². The number of fused-ring (bicyclic) bond motifs is 1. The van der Waals surface area contributed by atoms with Crippen molar-refractivity contribution in [3.05, 3.63) is 21.4 Å². The van der Waals surface area contributed by atoms with Gasteiger partial charge >= 0.3 is 0 Å². The van der Waals surface area contributed by atoms with Gasteiger partial charge in [-0.05, 0) is 43.9 Å². The predicted octanol–water partition coefficient (Wildman–Crippen LogP) is 5.25. The van der Waals surface area contributed by atoms with Crippen LogP contribution in [0.15, 0.2) is 6.07 Å². The van der Waals surface area contributed by atoms with Crippen LogP contribution < -0.4 is 5.32 Å². The van der Waals surface area contributed by atoms with E-state index in [9.17, 15) is 0 Å². The third kappa shape index (κ3) is 4.32. The maximum atomic E-state index is 3.69. The van der Waals surface area contributed by atoms with Crippen LogP contribution in [0.3, 0.4) is 0 Å². The van der Waals surface area contributed by atoms with Gasteiger partial charge in [0.25, 0.3) is 0 Å². The molecule has 1 aliphatic rings. The van der Waals surface area contributed by atoms with Gasteiger partial charge in [0.1, 0.15) is 0 Å². The van der Waals surface area contributed by atoms with Crippen molar-refractivity contribution in [1.82, 2.24) is 5.32 Å². The fourth-order valence-electron chi connectivity index (χ4n) is 3.07. The Bertz CT molecular complexity index is 348. The molecule has 0 saturated carbocycles. The summed E-state index contributed by atoms with van der Waals surface area (Å²) in [6.07, 6.45) is 12.3. The van der Waals surface area contributed by atoms with Crippen LogP contribution in [-0.2, 0) is 12.8 Å². The zero-order chi connectivity index (χ0) is 13.5. The lowest BCUT2D eigenvalue weighted by Gasteiger charge is -2.16. The number of aryl methyl sites for hydroxylation is 2. The first-order valence-corrected chi connectivity index (χ1v) is 9.01. The number of hydrogen-bond acceptors (Lipinski definition) is 2. The third-order valence-electron chi connectivity index (χ3n) is 4.16. The Labute approximate surface area is 122 Å². The van der Waals surface area contributed by atoms with Crippen LogP contribution in [0.25, 0.3) is 0 Å². The van der Waals surface area contributed by atoms with Crippen LogP contribution in [0.4, 0.5) is 0 Å². The molecule has 2 rings (SSSR count). The van der Waals surface area contributed by atoms with E-state index in [2.05, 4.69) is 36.6 Å². The van der Waals surface area contributed by atoms with Crippen molar-refractivity contribution in [2.24, 2.45) is 0 Å². The molecule has 0 saturated heterocycles. The summed E-state index contributed by atoms with van der Waals surface area (Å²) in [6.45, 7) is 5.60. The molecular weight excluding hydrogens is 250 g/mol. The standard InChI is InChI=1S/C17H29NS/c1-3-5-6-7-8-11-15(18-4-2)17-13-14-10-9-12-16(14)19-17/h13,15,18H,3-12H2,1-2H3. The monoisotopic (exact) mass is 279 g/mol. The molecule has 1 atom stereocenters. The van der Waals surface area contributed by atoms with Crippen LogP contribution >= 0.6 is 11.3 Å². The molecule has 1 N–H and O–H groups in total. The number of hydrogen-bond donors (Lipinski definition) is 1. The van der Waals surface area contributed by atoms with E-state index in [4.69, 9.17) is 0 Å². The summed E-state index contributed by atoms with van der Waals surface area (Å²) in [5.41, 5.74) is 1.65. The van der Waals surface area contributed by atoms with Crippen molar-refractivity contribution in [2.75, 3.05) is 6.54 Å². The first-order valence-electron chi connectivity index (χ1n) is 8.20. The van der Waals surface area contributed by atoms with Gasteiger partial charge in [-0.25, -0.2) is 0 Å². The molecule has 108 valence electrons. The largest absolute Gasteiger partial charge is 0.310 e. The van der Waals surface area contributed by atoms with Gasteiger partial charge in [-0.2, -0.15) is 0 Å². The highest BCUT2D eigenvalue weighted by Gasteiger charge is 2.19. The topological polar surface area (TPSA) is 12.0 Å². The van der Waals surface area contributed by atoms with Crippen molar-refractivity contribution >= 4 is 11.3 Å². The average Bonchev–Trinajstić information content (AvgIpc) is 2.98. The van der Waals surface area contributed by atoms with Crippen LogP contribution in [-0.4, -0.2) is 6.54 Å². The summed E-state index contributed by atoms with van der Waals surface area (Å²) in [5, 5.41) is 3.69. The highest BCUT2D eigenvalue weighted by Crippen LogP contribution is 2.35. The fraction of sp³-hybridized carbons (Fsp3) is 0.765. The van der Waals surface area contributed by atoms with E-state index in [0.29, 0.717) is 6.04 Å². The Kier molecular flexibility index (Phi) is 6.39. The van der Waals surface area contributed by atoms with Crippen molar-refractivity contribution in [1.29, 1.82) is 0 Å². The van der Waals surface area contributed by atoms with Gasteiger partial charge in [0.15, 0.2) is 0 Å². The second-order valence-corrected chi connectivity index (χ2v) is 6.93. The van der Waals surface area contributed by atoms with Crippen LogP contribution in [0, 0.1) is 0 Å². The summed E-state index contributed by atoms with van der Waals surface area (Å²) in [6, 6.07) is 3.11. The van der Waals surface area contributed by atoms with Gasteiger partial charge in [0, 0.05) is 15.8 Å². The molecule has 0 aliphatic heterocycles. The van der Waals surface area contributed by atoms with E-state index in [0.717, 1.165) is 6.54 Å². The lowest BCUT2D eigenvalue weighted by atomic mass is 10.0. The summed E-state index contributed by atoms with van der Waals surface area (Å²) in [5.74, 6) is 0. The summed E-state index contributed by atoms with van der Waals surface area (Å²) < 4.78 is 0. The molecule has 1 unspecified atom stereocenters. The second-order valence-electron chi connectivity index (χ2n) is 5.76. The smallest absolute Gasteiger partial charge is 0.0414 e. The Morgan fingerprint density at radius 3 is 2.74 bits per heavy atom. The van der Waals surface area contributed by atoms with E-state index in [1.165, 1.54) is 57.8 Å². The zero-order valence-corrected chi connectivity index (χ0v) is 13.5. The van der Waals surface area contributed by atoms with Crippen molar-refractivity contribution in [3.8, 4) is 0 Å². The normalized spacial score (nSPS) is 15.7. The summed E-state index contributed by atoms with van der Waals surface area (Å²) in [7, 11) is 0. The average molecular weight is 279 g/mol. The van der Waals surface area contributed by atoms with Crippen molar-refractivity contribution in [2.45, 2.75) is 77.7 Å². The molecule has 1 heterocycles. The summed E-state index contributed by atoms with van der Waals surface area (Å²) >= 11 is 2.08. The fourth-order valence-corrected chi connectivity index (χ4v) is 4.43. The Hall–Kier alpha value is -0.340. The molecule has 19 heavy (non-hydrogen) atoms. The quantitative estimate of drug-likeness (QED) is 0.609. The molecule has 1 aromatic heterocycles. The first-order chi connectivity index (χ1) is 9.35. The minimum Gasteiger partial charge on any atom is -0.310 e. The van der Waals surface area contributed by atoms with Crippen molar-refractivity contribution < 1.29 is 0 Å². The molecule has 1 aromatic rings. The molecule has 1 nitrogen and oxygen atoms in total. The lowest BCUT2D eigenvalue weighted by molar-refractivity contribution is 0.484. The summed E-state index contributed by atoms with van der Waals surface area (Å²) in [4.78, 5) is 3.27. The third-order valence-corrected chi connectivity index (χ3v) is 5.51. The molecule has 0 radical (unpaired) electrons. The molecule has 0 fully saturated rings. The number of rotatable bonds is 9. The van der Waals surface area contributed by atoms with Gasteiger partial charge in [0.05, 0.1) is 0 Å². The molecule has 2 heteroatoms. The molecule has 1 aliphatic carbocycles. The van der Waals surface area contributed by atoms with Crippen LogP contribution in [0.2, 0.25) is 0 Å². The van der Waals surface area contributed by atoms with Crippen LogP contribution in [0.5, 0.6) is 0 Å².